The van der Waals surface area contributed by atoms with E-state index in [1.165, 1.54) is 26.9 Å². The van der Waals surface area contributed by atoms with Gasteiger partial charge in [0.05, 0.1) is 17.1 Å². The number of anilines is 11. The molecule has 0 unspecified atom stereocenters. The van der Waals surface area contributed by atoms with Gasteiger partial charge in [0.1, 0.15) is 0 Å². The molecule has 0 bridgehead atoms. The van der Waals surface area contributed by atoms with E-state index in [9.17, 15) is 0 Å². The highest BCUT2D eigenvalue weighted by molar-refractivity contribution is 6.01. The maximum absolute atomic E-state index is 4.28. The topological polar surface area (TPSA) is 13.0 Å². The van der Waals surface area contributed by atoms with Gasteiger partial charge in [-0.25, -0.2) is 0 Å². The van der Waals surface area contributed by atoms with E-state index in [1.807, 2.05) is 19.1 Å². The van der Waals surface area contributed by atoms with Crippen LogP contribution in [0.3, 0.4) is 0 Å². The fourth-order valence-electron chi connectivity index (χ4n) is 9.77. The lowest BCUT2D eigenvalue weighted by molar-refractivity contribution is 1.21. The van der Waals surface area contributed by atoms with E-state index in [0.717, 1.165) is 73.6 Å². The first-order valence-corrected chi connectivity index (χ1v) is 24.2. The van der Waals surface area contributed by atoms with Crippen LogP contribution in [0.1, 0.15) is 6.92 Å². The number of para-hydroxylation sites is 2. The second-order valence-electron chi connectivity index (χ2n) is 17.4. The van der Waals surface area contributed by atoms with Crippen LogP contribution in [0.5, 0.6) is 0 Å². The quantitative estimate of drug-likeness (QED) is 0.101. The zero-order valence-corrected chi connectivity index (χ0v) is 39.6. The van der Waals surface area contributed by atoms with Crippen LogP contribution >= 0.6 is 0 Å². The molecule has 71 heavy (non-hydrogen) atoms. The van der Waals surface area contributed by atoms with Crippen molar-refractivity contribution in [2.45, 2.75) is 6.92 Å². The van der Waals surface area contributed by atoms with Crippen molar-refractivity contribution in [1.82, 2.24) is 0 Å². The van der Waals surface area contributed by atoms with Gasteiger partial charge in [0.15, 0.2) is 0 Å². The number of hydrogen-bond acceptors (Lipinski definition) is 4. The number of allylic oxidation sites excluding steroid dienone is 4. The Morgan fingerprint density at radius 3 is 1.01 bits per heavy atom. The van der Waals surface area contributed by atoms with Gasteiger partial charge in [-0.1, -0.05) is 164 Å². The molecule has 11 aromatic carbocycles. The van der Waals surface area contributed by atoms with Crippen molar-refractivity contribution in [1.29, 1.82) is 0 Å². The summed E-state index contributed by atoms with van der Waals surface area (Å²) in [5.41, 5.74) is 12.7. The number of benzene rings is 11. The monoisotopic (exact) mass is 912 g/mol. The first-order chi connectivity index (χ1) is 35.2. The molecule has 0 atom stereocenters. The normalized spacial score (nSPS) is 11.5. The minimum atomic E-state index is 0.971. The Labute approximate surface area is 416 Å². The SMILES string of the molecule is C=C/C(=C\C=C/C)N(c1ccc(N(c2ccc(N(c3ccccc3)c3cccc4ccccc34)cc2)c2ccc(N(c3ccccc3)c3cccc4ccccc34)cc2)cc1)c1cccc2ccccc12. The number of hydrogen-bond donors (Lipinski definition) is 0. The maximum Gasteiger partial charge on any atom is 0.0540 e. The summed E-state index contributed by atoms with van der Waals surface area (Å²) >= 11 is 0. The molecule has 0 aliphatic rings. The Morgan fingerprint density at radius 1 is 0.310 bits per heavy atom. The fraction of sp³-hybridized carbons (Fsp3) is 0.0149. The molecular weight excluding hydrogens is 861 g/mol. The molecule has 11 aromatic rings. The van der Waals surface area contributed by atoms with E-state index < -0.39 is 0 Å². The van der Waals surface area contributed by atoms with Crippen LogP contribution in [0, 0.1) is 0 Å². The minimum Gasteiger partial charge on any atom is -0.310 e. The highest BCUT2D eigenvalue weighted by Gasteiger charge is 2.21. The van der Waals surface area contributed by atoms with Gasteiger partial charge in [-0.2, -0.15) is 0 Å². The largest absolute Gasteiger partial charge is 0.310 e. The molecule has 0 aromatic heterocycles. The highest BCUT2D eigenvalue weighted by Crippen LogP contribution is 2.45. The lowest BCUT2D eigenvalue weighted by atomic mass is 10.1. The van der Waals surface area contributed by atoms with E-state index in [-0.39, 0.29) is 0 Å². The summed E-state index contributed by atoms with van der Waals surface area (Å²) in [5, 5.41) is 7.12. The lowest BCUT2D eigenvalue weighted by Crippen LogP contribution is -2.16. The second-order valence-corrected chi connectivity index (χ2v) is 17.4. The molecule has 0 radical (unpaired) electrons. The number of rotatable bonds is 14. The molecule has 0 N–H and O–H groups in total. The summed E-state index contributed by atoms with van der Waals surface area (Å²) in [4.78, 5) is 9.35. The number of fused-ring (bicyclic) bond motifs is 3. The van der Waals surface area contributed by atoms with E-state index >= 15 is 0 Å². The Kier molecular flexibility index (Phi) is 12.5. The van der Waals surface area contributed by atoms with Gasteiger partial charge in [-0.05, 0) is 150 Å². The minimum absolute atomic E-state index is 0.971. The van der Waals surface area contributed by atoms with Crippen LogP contribution in [0.2, 0.25) is 0 Å². The lowest BCUT2D eigenvalue weighted by Gasteiger charge is -2.31. The predicted octanol–water partition coefficient (Wildman–Crippen LogP) is 19.3. The van der Waals surface area contributed by atoms with Crippen LogP contribution in [-0.4, -0.2) is 0 Å². The molecule has 0 saturated heterocycles. The summed E-state index contributed by atoms with van der Waals surface area (Å²) in [6.45, 7) is 6.31. The fourth-order valence-corrected chi connectivity index (χ4v) is 9.77. The van der Waals surface area contributed by atoms with E-state index in [2.05, 4.69) is 299 Å². The zero-order valence-electron chi connectivity index (χ0n) is 39.6. The standard InChI is InChI=1S/C67H52N4/c1-3-5-27-53(4-2)69(65-35-18-24-50-21-12-15-32-62(50)65)59-44-38-56(39-45-59)68(57-40-46-60(47-41-57)70(54-28-8-6-9-29-54)66-36-19-25-51-22-13-16-33-63(51)66)58-42-48-61(49-43-58)71(55-30-10-7-11-31-55)67-37-20-26-52-23-14-17-34-64(52)67/h3-49H,2H2,1H3/b5-3-,53-27+. The molecule has 0 aliphatic carbocycles. The van der Waals surface area contributed by atoms with Crippen LogP contribution < -0.4 is 19.6 Å². The predicted molar refractivity (Wildman–Crippen MR) is 305 cm³/mol. The van der Waals surface area contributed by atoms with Crippen molar-refractivity contribution in [3.63, 3.8) is 0 Å². The Bertz CT molecular complexity index is 3490. The zero-order chi connectivity index (χ0) is 47.9. The van der Waals surface area contributed by atoms with Crippen LogP contribution in [0.15, 0.2) is 297 Å². The molecule has 340 valence electrons. The molecule has 0 heterocycles. The van der Waals surface area contributed by atoms with Crippen LogP contribution in [-0.2, 0) is 0 Å². The van der Waals surface area contributed by atoms with Gasteiger partial charge in [0.25, 0.3) is 0 Å². The Balaban J connectivity index is 1.04. The van der Waals surface area contributed by atoms with Crippen LogP contribution in [0.25, 0.3) is 32.3 Å². The third kappa shape index (κ3) is 8.83. The third-order valence-electron chi connectivity index (χ3n) is 13.1. The summed E-state index contributed by atoms with van der Waals surface area (Å²) in [6, 6.07) is 93.4. The van der Waals surface area contributed by atoms with Crippen molar-refractivity contribution in [2.75, 3.05) is 19.6 Å². The third-order valence-corrected chi connectivity index (χ3v) is 13.1. The van der Waals surface area contributed by atoms with Gasteiger partial charge < -0.3 is 19.6 Å². The molecule has 4 nitrogen and oxygen atoms in total. The van der Waals surface area contributed by atoms with Crippen molar-refractivity contribution < 1.29 is 0 Å². The second kappa shape index (κ2) is 20.1. The van der Waals surface area contributed by atoms with Gasteiger partial charge in [0.2, 0.25) is 0 Å². The summed E-state index contributed by atoms with van der Waals surface area (Å²) < 4.78 is 0. The molecule has 11 rings (SSSR count). The summed E-state index contributed by atoms with van der Waals surface area (Å²) in [5.74, 6) is 0. The molecule has 0 aliphatic heterocycles. The Hall–Kier alpha value is -9.38. The molecule has 0 amide bonds. The Morgan fingerprint density at radius 2 is 0.620 bits per heavy atom. The first-order valence-electron chi connectivity index (χ1n) is 24.2. The van der Waals surface area contributed by atoms with Crippen LogP contribution in [0.4, 0.5) is 62.6 Å². The summed E-state index contributed by atoms with van der Waals surface area (Å²) in [7, 11) is 0. The van der Waals surface area contributed by atoms with Gasteiger partial charge in [0, 0.05) is 67.4 Å². The average molecular weight is 913 g/mol. The molecule has 0 fully saturated rings. The summed E-state index contributed by atoms with van der Waals surface area (Å²) in [6.07, 6.45) is 8.16. The van der Waals surface area contributed by atoms with Gasteiger partial charge >= 0.3 is 0 Å². The molecule has 0 saturated carbocycles. The average Bonchev–Trinajstić information content (AvgIpc) is 3.44. The first kappa shape index (κ1) is 44.1. The molecule has 0 spiro atoms. The molecule has 4 heteroatoms. The van der Waals surface area contributed by atoms with Crippen molar-refractivity contribution in [2.24, 2.45) is 0 Å². The van der Waals surface area contributed by atoms with E-state index in [0.29, 0.717) is 0 Å². The smallest absolute Gasteiger partial charge is 0.0540 e. The van der Waals surface area contributed by atoms with E-state index in [1.54, 1.807) is 0 Å². The van der Waals surface area contributed by atoms with Crippen molar-refractivity contribution >= 4 is 94.9 Å². The molecular formula is C67H52N4. The van der Waals surface area contributed by atoms with Gasteiger partial charge in [-0.3, -0.25) is 0 Å². The van der Waals surface area contributed by atoms with Crippen molar-refractivity contribution in [3.05, 3.63) is 297 Å². The van der Waals surface area contributed by atoms with Crippen molar-refractivity contribution in [3.8, 4) is 0 Å². The highest BCUT2D eigenvalue weighted by atomic mass is 15.2. The van der Waals surface area contributed by atoms with Gasteiger partial charge in [-0.15, -0.1) is 0 Å². The number of nitrogens with zero attached hydrogens (tertiary/aromatic N) is 4. The van der Waals surface area contributed by atoms with E-state index in [4.69, 9.17) is 0 Å². The maximum atomic E-state index is 4.28.